The Bertz CT molecular complexity index is 160. The van der Waals surface area contributed by atoms with Gasteiger partial charge in [0.15, 0.2) is 0 Å². The second-order valence-electron chi connectivity index (χ2n) is 4.49. The van der Waals surface area contributed by atoms with Gasteiger partial charge in [-0.25, -0.2) is 0 Å². The minimum Gasteiger partial charge on any atom is -0.397 e. The molecule has 1 heterocycles. The Kier molecular flexibility index (Phi) is 13.1. The zero-order valence-corrected chi connectivity index (χ0v) is 12.2. The molecule has 0 radical (unpaired) electrons. The number of ether oxygens (including phenoxy) is 1. The molecule has 5 heteroatoms. The minimum absolute atomic E-state index is 0.250. The van der Waals surface area contributed by atoms with E-state index in [0.29, 0.717) is 6.10 Å². The van der Waals surface area contributed by atoms with E-state index in [4.69, 9.17) is 9.84 Å². The Hall–Kier alpha value is -0.200. The van der Waals surface area contributed by atoms with Crippen LogP contribution in [0.4, 0.5) is 0 Å². The van der Waals surface area contributed by atoms with Crippen molar-refractivity contribution < 1.29 is 9.84 Å². The van der Waals surface area contributed by atoms with Crippen molar-refractivity contribution in [3.63, 3.8) is 0 Å². The first-order valence-corrected chi connectivity index (χ1v) is 7.02. The molecule has 1 rings (SSSR count). The van der Waals surface area contributed by atoms with Gasteiger partial charge in [0.05, 0.1) is 6.10 Å². The van der Waals surface area contributed by atoms with Gasteiger partial charge in [-0.3, -0.25) is 0 Å². The Morgan fingerprint density at radius 3 is 2.11 bits per heavy atom. The molecule has 1 aliphatic rings. The van der Waals surface area contributed by atoms with Gasteiger partial charge in [-0.2, -0.15) is 0 Å². The predicted molar refractivity (Wildman–Crippen MR) is 76.0 cm³/mol. The Balaban J connectivity index is 0.000000873. The van der Waals surface area contributed by atoms with Crippen LogP contribution in [0.5, 0.6) is 0 Å². The van der Waals surface area contributed by atoms with Crippen LogP contribution in [0.2, 0.25) is 0 Å². The number of nitrogens with one attached hydrogen (secondary N) is 2. The summed E-state index contributed by atoms with van der Waals surface area (Å²) >= 11 is 0. The predicted octanol–water partition coefficient (Wildman–Crippen LogP) is -0.0952. The highest BCUT2D eigenvalue weighted by Gasteiger charge is 2.08. The molecule has 0 saturated carbocycles. The highest BCUT2D eigenvalue weighted by molar-refractivity contribution is 4.66. The fraction of sp³-hybridized carbons (Fsp3) is 1.00. The lowest BCUT2D eigenvalue weighted by Crippen LogP contribution is -2.35. The molecule has 1 unspecified atom stereocenters. The van der Waals surface area contributed by atoms with E-state index >= 15 is 0 Å². The third-order valence-electron chi connectivity index (χ3n) is 2.94. The van der Waals surface area contributed by atoms with Crippen molar-refractivity contribution in [2.75, 3.05) is 59.5 Å². The third kappa shape index (κ3) is 10.9. The average molecular weight is 261 g/mol. The fourth-order valence-corrected chi connectivity index (χ4v) is 1.72. The van der Waals surface area contributed by atoms with Gasteiger partial charge >= 0.3 is 0 Å². The SMILES string of the molecule is CCO.COC(C)CCN1CCNCCNCC1. The van der Waals surface area contributed by atoms with Gasteiger partial charge in [0.25, 0.3) is 0 Å². The number of methoxy groups -OCH3 is 1. The van der Waals surface area contributed by atoms with E-state index in [1.807, 2.05) is 0 Å². The van der Waals surface area contributed by atoms with Gasteiger partial charge in [-0.05, 0) is 20.3 Å². The second-order valence-corrected chi connectivity index (χ2v) is 4.49. The van der Waals surface area contributed by atoms with Crippen LogP contribution in [0.3, 0.4) is 0 Å². The molecular formula is C13H31N3O2. The number of nitrogens with zero attached hydrogens (tertiary/aromatic N) is 1. The molecule has 1 fully saturated rings. The van der Waals surface area contributed by atoms with Crippen LogP contribution in [0, 0.1) is 0 Å². The molecule has 0 spiro atoms. The minimum atomic E-state index is 0.250. The van der Waals surface area contributed by atoms with E-state index in [1.54, 1.807) is 14.0 Å². The maximum absolute atomic E-state index is 7.57. The molecule has 1 atom stereocenters. The summed E-state index contributed by atoms with van der Waals surface area (Å²) in [6.45, 7) is 11.9. The summed E-state index contributed by atoms with van der Waals surface area (Å²) in [5.74, 6) is 0. The molecule has 0 aromatic heterocycles. The van der Waals surface area contributed by atoms with Gasteiger partial charge < -0.3 is 25.4 Å². The second kappa shape index (κ2) is 13.2. The number of hydrogen-bond acceptors (Lipinski definition) is 5. The Morgan fingerprint density at radius 2 is 1.67 bits per heavy atom. The van der Waals surface area contributed by atoms with Crippen molar-refractivity contribution in [1.82, 2.24) is 15.5 Å². The number of aliphatic hydroxyl groups is 1. The van der Waals surface area contributed by atoms with Gasteiger partial charge in [0.2, 0.25) is 0 Å². The fourth-order valence-electron chi connectivity index (χ4n) is 1.72. The van der Waals surface area contributed by atoms with E-state index in [1.165, 1.54) is 0 Å². The quantitative estimate of drug-likeness (QED) is 0.660. The van der Waals surface area contributed by atoms with Crippen molar-refractivity contribution in [3.8, 4) is 0 Å². The lowest BCUT2D eigenvalue weighted by Gasteiger charge is -2.22. The molecule has 0 amide bonds. The van der Waals surface area contributed by atoms with E-state index in [2.05, 4.69) is 22.5 Å². The number of hydrogen-bond donors (Lipinski definition) is 3. The van der Waals surface area contributed by atoms with Crippen LogP contribution in [0.1, 0.15) is 20.3 Å². The zero-order chi connectivity index (χ0) is 13.6. The summed E-state index contributed by atoms with van der Waals surface area (Å²) in [5, 5.41) is 14.4. The monoisotopic (exact) mass is 261 g/mol. The zero-order valence-electron chi connectivity index (χ0n) is 12.2. The summed E-state index contributed by atoms with van der Waals surface area (Å²) in [6, 6.07) is 0. The van der Waals surface area contributed by atoms with Crippen LogP contribution in [-0.2, 0) is 4.74 Å². The molecule has 0 aromatic carbocycles. The highest BCUT2D eigenvalue weighted by Crippen LogP contribution is 1.98. The average Bonchev–Trinajstić information content (AvgIpc) is 2.50. The molecule has 18 heavy (non-hydrogen) atoms. The van der Waals surface area contributed by atoms with Crippen LogP contribution >= 0.6 is 0 Å². The smallest absolute Gasteiger partial charge is 0.0555 e. The van der Waals surface area contributed by atoms with Crippen LogP contribution in [0.25, 0.3) is 0 Å². The summed E-state index contributed by atoms with van der Waals surface area (Å²) in [5.41, 5.74) is 0. The highest BCUT2D eigenvalue weighted by atomic mass is 16.5. The molecule has 1 saturated heterocycles. The number of rotatable bonds is 4. The topological polar surface area (TPSA) is 56.8 Å². The van der Waals surface area contributed by atoms with E-state index in [9.17, 15) is 0 Å². The maximum Gasteiger partial charge on any atom is 0.0555 e. The van der Waals surface area contributed by atoms with Gasteiger partial charge in [-0.15, -0.1) is 0 Å². The number of aliphatic hydroxyl groups excluding tert-OH is 1. The summed E-state index contributed by atoms with van der Waals surface area (Å²) in [7, 11) is 1.78. The van der Waals surface area contributed by atoms with Crippen LogP contribution < -0.4 is 10.6 Å². The molecule has 110 valence electrons. The maximum atomic E-state index is 7.57. The normalized spacial score (nSPS) is 20.0. The van der Waals surface area contributed by atoms with E-state index in [-0.39, 0.29) is 6.61 Å². The lowest BCUT2D eigenvalue weighted by molar-refractivity contribution is 0.0977. The van der Waals surface area contributed by atoms with Crippen molar-refractivity contribution in [2.45, 2.75) is 26.4 Å². The van der Waals surface area contributed by atoms with E-state index in [0.717, 1.165) is 52.2 Å². The Morgan fingerprint density at radius 1 is 1.17 bits per heavy atom. The molecule has 3 N–H and O–H groups in total. The van der Waals surface area contributed by atoms with Crippen LogP contribution in [0.15, 0.2) is 0 Å². The molecular weight excluding hydrogens is 230 g/mol. The first-order chi connectivity index (χ1) is 8.74. The summed E-state index contributed by atoms with van der Waals surface area (Å²) < 4.78 is 5.26. The van der Waals surface area contributed by atoms with Gasteiger partial charge in [-0.1, -0.05) is 0 Å². The summed E-state index contributed by atoms with van der Waals surface area (Å²) in [6.07, 6.45) is 1.50. The third-order valence-corrected chi connectivity index (χ3v) is 2.94. The molecule has 0 aromatic rings. The largest absolute Gasteiger partial charge is 0.397 e. The van der Waals surface area contributed by atoms with Crippen molar-refractivity contribution >= 4 is 0 Å². The van der Waals surface area contributed by atoms with Crippen LogP contribution in [-0.4, -0.2) is 75.6 Å². The first kappa shape index (κ1) is 17.8. The standard InChI is InChI=1S/C11H25N3O.C2H6O/c1-11(15-2)3-8-14-9-6-12-4-5-13-7-10-14;1-2-3/h11-13H,3-10H2,1-2H3;3H,2H2,1H3. The molecule has 5 nitrogen and oxygen atoms in total. The lowest BCUT2D eigenvalue weighted by atomic mass is 10.2. The molecule has 1 aliphatic heterocycles. The molecule has 0 aliphatic carbocycles. The van der Waals surface area contributed by atoms with Crippen molar-refractivity contribution in [2.24, 2.45) is 0 Å². The van der Waals surface area contributed by atoms with Gasteiger partial charge in [0, 0.05) is 59.5 Å². The molecule has 0 bridgehead atoms. The Labute approximate surface area is 112 Å². The van der Waals surface area contributed by atoms with Crippen molar-refractivity contribution in [1.29, 1.82) is 0 Å². The van der Waals surface area contributed by atoms with Gasteiger partial charge in [0.1, 0.15) is 0 Å². The van der Waals surface area contributed by atoms with E-state index < -0.39 is 0 Å². The summed E-state index contributed by atoms with van der Waals surface area (Å²) in [4.78, 5) is 2.50. The van der Waals surface area contributed by atoms with Crippen molar-refractivity contribution in [3.05, 3.63) is 0 Å². The first-order valence-electron chi connectivity index (χ1n) is 7.02.